The summed E-state index contributed by atoms with van der Waals surface area (Å²) in [5.74, 6) is 1.34. The van der Waals surface area contributed by atoms with Crippen molar-refractivity contribution in [2.75, 3.05) is 21.3 Å². The van der Waals surface area contributed by atoms with Gasteiger partial charge in [-0.05, 0) is 41.0 Å². The van der Waals surface area contributed by atoms with E-state index in [0.717, 1.165) is 16.7 Å². The van der Waals surface area contributed by atoms with Crippen molar-refractivity contribution in [1.82, 2.24) is 0 Å². The maximum absolute atomic E-state index is 13.0. The van der Waals surface area contributed by atoms with Crippen LogP contribution in [0.5, 0.6) is 17.2 Å². The first-order valence-electron chi connectivity index (χ1n) is 6.36. The summed E-state index contributed by atoms with van der Waals surface area (Å²) in [5, 5.41) is 0. The zero-order valence-electron chi connectivity index (χ0n) is 12.3. The van der Waals surface area contributed by atoms with Gasteiger partial charge in [0.05, 0.1) is 21.3 Å². The highest BCUT2D eigenvalue weighted by Gasteiger charge is 2.15. The van der Waals surface area contributed by atoms with Crippen LogP contribution in [0.15, 0.2) is 43.0 Å². The van der Waals surface area contributed by atoms with E-state index in [1.165, 1.54) is 12.1 Å². The first-order chi connectivity index (χ1) is 10.1. The molecule has 0 atom stereocenters. The normalized spacial score (nSPS) is 10.1. The molecule has 110 valence electrons. The fourth-order valence-corrected chi connectivity index (χ4v) is 2.07. The quantitative estimate of drug-likeness (QED) is 0.834. The van der Waals surface area contributed by atoms with Gasteiger partial charge in [0.15, 0.2) is 11.5 Å². The van der Waals surface area contributed by atoms with Crippen molar-refractivity contribution in [3.8, 4) is 17.2 Å². The summed E-state index contributed by atoms with van der Waals surface area (Å²) in [5.41, 5.74) is 2.39. The fraction of sp³-hybridized carbons (Fsp3) is 0.176. The molecule has 0 fully saturated rings. The molecule has 0 radical (unpaired) electrons. The lowest BCUT2D eigenvalue weighted by atomic mass is 9.99. The molecule has 0 unspecified atom stereocenters. The monoisotopic (exact) mass is 288 g/mol. The van der Waals surface area contributed by atoms with Crippen LogP contribution in [-0.2, 0) is 0 Å². The molecule has 21 heavy (non-hydrogen) atoms. The van der Waals surface area contributed by atoms with E-state index in [0.29, 0.717) is 17.2 Å². The molecule has 2 aromatic rings. The summed E-state index contributed by atoms with van der Waals surface area (Å²) in [4.78, 5) is 0. The Morgan fingerprint density at radius 2 is 1.38 bits per heavy atom. The molecule has 0 N–H and O–H groups in total. The summed E-state index contributed by atoms with van der Waals surface area (Å²) in [6.45, 7) is 4.06. The van der Waals surface area contributed by atoms with E-state index in [1.807, 2.05) is 12.1 Å². The Balaban J connectivity index is 2.48. The zero-order valence-corrected chi connectivity index (χ0v) is 12.3. The van der Waals surface area contributed by atoms with Gasteiger partial charge in [-0.1, -0.05) is 18.7 Å². The molecule has 2 rings (SSSR count). The summed E-state index contributed by atoms with van der Waals surface area (Å²) >= 11 is 0. The van der Waals surface area contributed by atoms with Gasteiger partial charge < -0.3 is 14.2 Å². The smallest absolute Gasteiger partial charge is 0.203 e. The summed E-state index contributed by atoms with van der Waals surface area (Å²) in [6.07, 6.45) is 0. The lowest BCUT2D eigenvalue weighted by Gasteiger charge is -2.15. The van der Waals surface area contributed by atoms with Gasteiger partial charge in [-0.15, -0.1) is 0 Å². The SMILES string of the molecule is C=C(c1ccc(F)cc1)c1cc(OC)c(OC)c(OC)c1. The Hall–Kier alpha value is -2.49. The second-order valence-corrected chi connectivity index (χ2v) is 4.40. The number of benzene rings is 2. The first kappa shape index (κ1) is 14.9. The van der Waals surface area contributed by atoms with Crippen LogP contribution in [0, 0.1) is 5.82 Å². The van der Waals surface area contributed by atoms with E-state index < -0.39 is 0 Å². The molecule has 0 heterocycles. The minimum Gasteiger partial charge on any atom is -0.493 e. The zero-order chi connectivity index (χ0) is 15.4. The molecule has 0 aromatic heterocycles. The largest absolute Gasteiger partial charge is 0.493 e. The number of methoxy groups -OCH3 is 3. The molecule has 0 aliphatic rings. The van der Waals surface area contributed by atoms with Gasteiger partial charge in [0, 0.05) is 0 Å². The molecule has 3 nitrogen and oxygen atoms in total. The van der Waals surface area contributed by atoms with Gasteiger partial charge in [-0.3, -0.25) is 0 Å². The lowest BCUT2D eigenvalue weighted by Crippen LogP contribution is -1.97. The second-order valence-electron chi connectivity index (χ2n) is 4.40. The Morgan fingerprint density at radius 1 is 0.857 bits per heavy atom. The molecular weight excluding hydrogens is 271 g/mol. The summed E-state index contributed by atoms with van der Waals surface area (Å²) < 4.78 is 28.9. The van der Waals surface area contributed by atoms with E-state index >= 15 is 0 Å². The average Bonchev–Trinajstić information content (AvgIpc) is 2.53. The third-order valence-electron chi connectivity index (χ3n) is 3.21. The number of hydrogen-bond donors (Lipinski definition) is 0. The van der Waals surface area contributed by atoms with Gasteiger partial charge in [-0.25, -0.2) is 4.39 Å². The number of rotatable bonds is 5. The van der Waals surface area contributed by atoms with E-state index in [2.05, 4.69) is 6.58 Å². The van der Waals surface area contributed by atoms with Crippen LogP contribution in [0.2, 0.25) is 0 Å². The van der Waals surface area contributed by atoms with Crippen LogP contribution >= 0.6 is 0 Å². The molecule has 2 aromatic carbocycles. The van der Waals surface area contributed by atoms with Crippen LogP contribution in [0.1, 0.15) is 11.1 Å². The second kappa shape index (κ2) is 6.31. The van der Waals surface area contributed by atoms with Crippen LogP contribution < -0.4 is 14.2 Å². The van der Waals surface area contributed by atoms with E-state index in [-0.39, 0.29) is 5.82 Å². The highest BCUT2D eigenvalue weighted by Crippen LogP contribution is 2.40. The topological polar surface area (TPSA) is 27.7 Å². The Kier molecular flexibility index (Phi) is 4.48. The third kappa shape index (κ3) is 2.99. The fourth-order valence-electron chi connectivity index (χ4n) is 2.07. The predicted octanol–water partition coefficient (Wildman–Crippen LogP) is 3.91. The Morgan fingerprint density at radius 3 is 1.81 bits per heavy atom. The van der Waals surface area contributed by atoms with Crippen molar-refractivity contribution >= 4 is 5.57 Å². The number of halogens is 1. The maximum atomic E-state index is 13.0. The molecule has 0 saturated heterocycles. The lowest BCUT2D eigenvalue weighted by molar-refractivity contribution is 0.324. The van der Waals surface area contributed by atoms with Crippen LogP contribution in [0.3, 0.4) is 0 Å². The van der Waals surface area contributed by atoms with E-state index in [4.69, 9.17) is 14.2 Å². The molecular formula is C17H17FO3. The van der Waals surface area contributed by atoms with Gasteiger partial charge in [0.1, 0.15) is 5.82 Å². The number of ether oxygens (including phenoxy) is 3. The maximum Gasteiger partial charge on any atom is 0.203 e. The first-order valence-corrected chi connectivity index (χ1v) is 6.36. The van der Waals surface area contributed by atoms with Crippen molar-refractivity contribution in [1.29, 1.82) is 0 Å². The van der Waals surface area contributed by atoms with Crippen molar-refractivity contribution in [2.24, 2.45) is 0 Å². The predicted molar refractivity (Wildman–Crippen MR) is 80.6 cm³/mol. The number of hydrogen-bond acceptors (Lipinski definition) is 3. The molecule has 0 spiro atoms. The van der Waals surface area contributed by atoms with Crippen molar-refractivity contribution in [3.63, 3.8) is 0 Å². The van der Waals surface area contributed by atoms with Gasteiger partial charge in [-0.2, -0.15) is 0 Å². The molecule has 0 saturated carbocycles. The van der Waals surface area contributed by atoms with Crippen LogP contribution in [0.4, 0.5) is 4.39 Å². The molecule has 0 aliphatic heterocycles. The molecule has 0 aliphatic carbocycles. The molecule has 0 bridgehead atoms. The summed E-state index contributed by atoms with van der Waals surface area (Å²) in [6, 6.07) is 9.79. The van der Waals surface area contributed by atoms with E-state index in [9.17, 15) is 4.39 Å². The van der Waals surface area contributed by atoms with Crippen molar-refractivity contribution in [3.05, 3.63) is 59.9 Å². The van der Waals surface area contributed by atoms with E-state index in [1.54, 1.807) is 33.5 Å². The van der Waals surface area contributed by atoms with Crippen molar-refractivity contribution in [2.45, 2.75) is 0 Å². The Bertz CT molecular complexity index is 623. The standard InChI is InChI=1S/C17H17FO3/c1-11(12-5-7-14(18)8-6-12)13-9-15(19-2)17(21-4)16(10-13)20-3/h5-10H,1H2,2-4H3. The van der Waals surface area contributed by atoms with Crippen LogP contribution in [-0.4, -0.2) is 21.3 Å². The van der Waals surface area contributed by atoms with Gasteiger partial charge in [0.25, 0.3) is 0 Å². The highest BCUT2D eigenvalue weighted by molar-refractivity contribution is 5.80. The van der Waals surface area contributed by atoms with Gasteiger partial charge >= 0.3 is 0 Å². The van der Waals surface area contributed by atoms with Crippen molar-refractivity contribution < 1.29 is 18.6 Å². The highest BCUT2D eigenvalue weighted by atomic mass is 19.1. The molecule has 0 amide bonds. The average molecular weight is 288 g/mol. The molecule has 4 heteroatoms. The van der Waals surface area contributed by atoms with Gasteiger partial charge in [0.2, 0.25) is 5.75 Å². The van der Waals surface area contributed by atoms with Crippen LogP contribution in [0.25, 0.3) is 5.57 Å². The minimum atomic E-state index is -0.281. The third-order valence-corrected chi connectivity index (χ3v) is 3.21. The minimum absolute atomic E-state index is 0.281. The Labute approximate surface area is 123 Å². The summed E-state index contributed by atoms with van der Waals surface area (Å²) in [7, 11) is 4.66.